The third-order valence-electron chi connectivity index (χ3n) is 5.28. The summed E-state index contributed by atoms with van der Waals surface area (Å²) >= 11 is 0. The lowest BCUT2D eigenvalue weighted by molar-refractivity contribution is 0.215. The highest BCUT2D eigenvalue weighted by Crippen LogP contribution is 2.41. The number of hydrogen-bond donors (Lipinski definition) is 1. The van der Waals surface area contributed by atoms with E-state index in [-0.39, 0.29) is 0 Å². The van der Waals surface area contributed by atoms with Gasteiger partial charge in [-0.1, -0.05) is 78.1 Å². The second-order valence-corrected chi connectivity index (χ2v) is 6.97. The first kappa shape index (κ1) is 17.0. The van der Waals surface area contributed by atoms with Gasteiger partial charge in [-0.3, -0.25) is 0 Å². The fourth-order valence-electron chi connectivity index (χ4n) is 3.85. The molecule has 0 saturated heterocycles. The van der Waals surface area contributed by atoms with Crippen LogP contribution in [0, 0.1) is 5.41 Å². The standard InChI is InChI=1S/C18H37N/c1-4-5-6-7-8-9-10-11-14-17(19-3)18(2)15-12-13-16-18/h17,19H,4-16H2,1-3H3. The number of nitrogens with one attached hydrogen (secondary N) is 1. The van der Waals surface area contributed by atoms with Crippen LogP contribution in [0.15, 0.2) is 0 Å². The highest BCUT2D eigenvalue weighted by Gasteiger charge is 2.35. The molecule has 1 nitrogen and oxygen atoms in total. The van der Waals surface area contributed by atoms with E-state index in [1.54, 1.807) is 0 Å². The lowest BCUT2D eigenvalue weighted by Gasteiger charge is -2.34. The molecule has 1 aliphatic carbocycles. The van der Waals surface area contributed by atoms with E-state index in [1.165, 1.54) is 83.5 Å². The van der Waals surface area contributed by atoms with Gasteiger partial charge in [0, 0.05) is 6.04 Å². The Morgan fingerprint density at radius 3 is 1.95 bits per heavy atom. The summed E-state index contributed by atoms with van der Waals surface area (Å²) in [7, 11) is 2.17. The van der Waals surface area contributed by atoms with Crippen LogP contribution < -0.4 is 5.32 Å². The van der Waals surface area contributed by atoms with Gasteiger partial charge in [-0.15, -0.1) is 0 Å². The smallest absolute Gasteiger partial charge is 0.0118 e. The van der Waals surface area contributed by atoms with Crippen molar-refractivity contribution in [3.05, 3.63) is 0 Å². The summed E-state index contributed by atoms with van der Waals surface area (Å²) in [6.45, 7) is 4.80. The normalized spacial score (nSPS) is 19.7. The SMILES string of the molecule is CCCCCCCCCCC(NC)C1(C)CCCC1. The minimum Gasteiger partial charge on any atom is -0.316 e. The Hall–Kier alpha value is -0.0400. The molecule has 1 heteroatoms. The molecular weight excluding hydrogens is 230 g/mol. The van der Waals surface area contributed by atoms with Gasteiger partial charge in [0.05, 0.1) is 0 Å². The van der Waals surface area contributed by atoms with Crippen molar-refractivity contribution in [1.82, 2.24) is 5.32 Å². The predicted octanol–water partition coefficient (Wildman–Crippen LogP) is 5.69. The second kappa shape index (κ2) is 9.80. The van der Waals surface area contributed by atoms with Gasteiger partial charge < -0.3 is 5.32 Å². The molecule has 19 heavy (non-hydrogen) atoms. The van der Waals surface area contributed by atoms with Crippen LogP contribution in [-0.4, -0.2) is 13.1 Å². The molecule has 0 heterocycles. The maximum atomic E-state index is 3.60. The molecule has 1 atom stereocenters. The van der Waals surface area contributed by atoms with Crippen LogP contribution in [0.2, 0.25) is 0 Å². The van der Waals surface area contributed by atoms with E-state index in [1.807, 2.05) is 0 Å². The van der Waals surface area contributed by atoms with Gasteiger partial charge in [0.15, 0.2) is 0 Å². The average Bonchev–Trinajstić information content (AvgIpc) is 2.85. The van der Waals surface area contributed by atoms with Crippen molar-refractivity contribution in [3.8, 4) is 0 Å². The molecule has 0 aliphatic heterocycles. The van der Waals surface area contributed by atoms with Gasteiger partial charge in [0.25, 0.3) is 0 Å². The Kier molecular flexibility index (Phi) is 8.77. The van der Waals surface area contributed by atoms with Crippen molar-refractivity contribution in [2.24, 2.45) is 5.41 Å². The molecule has 1 saturated carbocycles. The molecule has 0 aromatic carbocycles. The van der Waals surface area contributed by atoms with Crippen LogP contribution in [-0.2, 0) is 0 Å². The van der Waals surface area contributed by atoms with Crippen molar-refractivity contribution in [3.63, 3.8) is 0 Å². The molecule has 1 aliphatic rings. The summed E-state index contributed by atoms with van der Waals surface area (Å²) in [5.41, 5.74) is 0.593. The second-order valence-electron chi connectivity index (χ2n) is 6.97. The topological polar surface area (TPSA) is 12.0 Å². The molecule has 0 aromatic rings. The van der Waals surface area contributed by atoms with E-state index in [2.05, 4.69) is 26.2 Å². The molecule has 0 radical (unpaired) electrons. The minimum atomic E-state index is 0.593. The van der Waals surface area contributed by atoms with Gasteiger partial charge in [0.1, 0.15) is 0 Å². The first-order valence-electron chi connectivity index (χ1n) is 8.90. The Balaban J connectivity index is 2.03. The van der Waals surface area contributed by atoms with Crippen molar-refractivity contribution in [2.45, 2.75) is 103 Å². The van der Waals surface area contributed by atoms with Gasteiger partial charge in [-0.2, -0.15) is 0 Å². The molecule has 0 bridgehead atoms. The maximum Gasteiger partial charge on any atom is 0.0118 e. The summed E-state index contributed by atoms with van der Waals surface area (Å²) in [5.74, 6) is 0. The van der Waals surface area contributed by atoms with Crippen LogP contribution in [0.3, 0.4) is 0 Å². The van der Waals surface area contributed by atoms with Crippen molar-refractivity contribution in [1.29, 1.82) is 0 Å². The fourth-order valence-corrected chi connectivity index (χ4v) is 3.85. The van der Waals surface area contributed by atoms with Crippen LogP contribution in [0.1, 0.15) is 97.3 Å². The number of unbranched alkanes of at least 4 members (excludes halogenated alkanes) is 7. The summed E-state index contributed by atoms with van der Waals surface area (Å²) in [4.78, 5) is 0. The Morgan fingerprint density at radius 2 is 1.42 bits per heavy atom. The Labute approximate surface area is 121 Å². The maximum absolute atomic E-state index is 3.60. The largest absolute Gasteiger partial charge is 0.316 e. The number of rotatable bonds is 11. The molecule has 1 fully saturated rings. The molecular formula is C18H37N. The first-order chi connectivity index (χ1) is 9.23. The molecule has 1 unspecified atom stereocenters. The van der Waals surface area contributed by atoms with E-state index in [9.17, 15) is 0 Å². The quantitative estimate of drug-likeness (QED) is 0.474. The average molecular weight is 268 g/mol. The van der Waals surface area contributed by atoms with Gasteiger partial charge >= 0.3 is 0 Å². The first-order valence-corrected chi connectivity index (χ1v) is 8.90. The summed E-state index contributed by atoms with van der Waals surface area (Å²) in [6.07, 6.45) is 18.7. The summed E-state index contributed by atoms with van der Waals surface area (Å²) in [6, 6.07) is 0.759. The van der Waals surface area contributed by atoms with Crippen molar-refractivity contribution >= 4 is 0 Å². The molecule has 114 valence electrons. The Bertz CT molecular complexity index is 206. The fraction of sp³-hybridized carbons (Fsp3) is 1.00. The zero-order valence-electron chi connectivity index (χ0n) is 13.8. The highest BCUT2D eigenvalue weighted by atomic mass is 14.9. The van der Waals surface area contributed by atoms with E-state index in [0.29, 0.717) is 5.41 Å². The number of hydrogen-bond acceptors (Lipinski definition) is 1. The van der Waals surface area contributed by atoms with Crippen LogP contribution in [0.4, 0.5) is 0 Å². The molecule has 0 spiro atoms. The minimum absolute atomic E-state index is 0.593. The molecule has 0 aromatic heterocycles. The van der Waals surface area contributed by atoms with Gasteiger partial charge in [-0.05, 0) is 31.7 Å². The predicted molar refractivity (Wildman–Crippen MR) is 86.6 cm³/mol. The lowest BCUT2D eigenvalue weighted by atomic mass is 9.78. The van der Waals surface area contributed by atoms with Crippen molar-refractivity contribution < 1.29 is 0 Å². The molecule has 1 rings (SSSR count). The van der Waals surface area contributed by atoms with E-state index in [4.69, 9.17) is 0 Å². The Morgan fingerprint density at radius 1 is 0.895 bits per heavy atom. The van der Waals surface area contributed by atoms with Gasteiger partial charge in [0.2, 0.25) is 0 Å². The summed E-state index contributed by atoms with van der Waals surface area (Å²) < 4.78 is 0. The zero-order chi connectivity index (χ0) is 14.0. The third kappa shape index (κ3) is 6.29. The van der Waals surface area contributed by atoms with E-state index in [0.717, 1.165) is 6.04 Å². The van der Waals surface area contributed by atoms with Crippen LogP contribution >= 0.6 is 0 Å². The van der Waals surface area contributed by atoms with Crippen LogP contribution in [0.5, 0.6) is 0 Å². The summed E-state index contributed by atoms with van der Waals surface area (Å²) in [5, 5.41) is 3.60. The van der Waals surface area contributed by atoms with Crippen LogP contribution in [0.25, 0.3) is 0 Å². The lowest BCUT2D eigenvalue weighted by Crippen LogP contribution is -2.40. The monoisotopic (exact) mass is 267 g/mol. The van der Waals surface area contributed by atoms with Crippen molar-refractivity contribution in [2.75, 3.05) is 7.05 Å². The van der Waals surface area contributed by atoms with Gasteiger partial charge in [-0.25, -0.2) is 0 Å². The third-order valence-corrected chi connectivity index (χ3v) is 5.28. The zero-order valence-corrected chi connectivity index (χ0v) is 13.8. The molecule has 1 N–H and O–H groups in total. The van der Waals surface area contributed by atoms with E-state index < -0.39 is 0 Å². The molecule has 0 amide bonds. The van der Waals surface area contributed by atoms with E-state index >= 15 is 0 Å². The highest BCUT2D eigenvalue weighted by molar-refractivity contribution is 4.90.